The third-order valence-corrected chi connectivity index (χ3v) is 4.91. The number of aromatic nitrogens is 2. The minimum atomic E-state index is 0.293. The molecule has 4 rings (SSSR count). The van der Waals surface area contributed by atoms with Gasteiger partial charge in [0.1, 0.15) is 11.6 Å². The second-order valence-electron chi connectivity index (χ2n) is 6.99. The third-order valence-electron chi connectivity index (χ3n) is 4.91. The van der Waals surface area contributed by atoms with Gasteiger partial charge < -0.3 is 9.64 Å². The molecule has 5 heteroatoms. The molecule has 0 bridgehead atoms. The first-order chi connectivity index (χ1) is 12.2. The molecule has 2 fully saturated rings. The van der Waals surface area contributed by atoms with Crippen molar-refractivity contribution < 1.29 is 9.53 Å². The van der Waals surface area contributed by atoms with Gasteiger partial charge in [0.05, 0.1) is 0 Å². The highest BCUT2D eigenvalue weighted by molar-refractivity contribution is 5.81. The number of carbonyl (C=O) groups excluding carboxylic acids is 1. The van der Waals surface area contributed by atoms with Crippen molar-refractivity contribution in [1.29, 1.82) is 0 Å². The molecule has 130 valence electrons. The van der Waals surface area contributed by atoms with E-state index in [1.54, 1.807) is 0 Å². The summed E-state index contributed by atoms with van der Waals surface area (Å²) in [6, 6.07) is 11.5. The number of carbonyl (C=O) groups is 1. The number of ether oxygens (including phenoxy) is 1. The maximum Gasteiger partial charge on any atom is 0.225 e. The van der Waals surface area contributed by atoms with Crippen molar-refractivity contribution in [2.24, 2.45) is 5.92 Å². The number of rotatable bonds is 4. The number of amides is 1. The normalized spacial score (nSPS) is 18.2. The fourth-order valence-corrected chi connectivity index (χ4v) is 3.35. The van der Waals surface area contributed by atoms with E-state index < -0.39 is 0 Å². The standard InChI is InChI=1S/C20H23N3O2/c1-14-13-18(25-17-5-3-2-4-6-17)22-19(21-14)15-9-11-23(12-10-15)20(24)16-7-8-16/h2-6,13,15-16H,7-12H2,1H3. The predicted octanol–water partition coefficient (Wildman–Crippen LogP) is 3.69. The molecular weight excluding hydrogens is 314 g/mol. The van der Waals surface area contributed by atoms with Crippen molar-refractivity contribution in [3.63, 3.8) is 0 Å². The molecule has 1 saturated carbocycles. The minimum Gasteiger partial charge on any atom is -0.439 e. The SMILES string of the molecule is Cc1cc(Oc2ccccc2)nc(C2CCN(C(=O)C3CC3)CC2)n1. The number of piperidine rings is 1. The van der Waals surface area contributed by atoms with Crippen molar-refractivity contribution >= 4 is 5.91 Å². The van der Waals surface area contributed by atoms with Gasteiger partial charge in [-0.1, -0.05) is 18.2 Å². The molecule has 2 aliphatic rings. The Labute approximate surface area is 148 Å². The molecule has 0 radical (unpaired) electrons. The van der Waals surface area contributed by atoms with Crippen LogP contribution in [0.1, 0.15) is 43.1 Å². The summed E-state index contributed by atoms with van der Waals surface area (Å²) in [6.07, 6.45) is 3.99. The molecule has 1 aliphatic heterocycles. The lowest BCUT2D eigenvalue weighted by Gasteiger charge is -2.31. The summed E-state index contributed by atoms with van der Waals surface area (Å²) in [6.45, 7) is 3.59. The molecule has 2 aromatic rings. The van der Waals surface area contributed by atoms with Crippen LogP contribution in [0.4, 0.5) is 0 Å². The van der Waals surface area contributed by atoms with Crippen LogP contribution in [0.15, 0.2) is 36.4 Å². The van der Waals surface area contributed by atoms with Crippen molar-refractivity contribution in [3.8, 4) is 11.6 Å². The molecule has 1 aliphatic carbocycles. The van der Waals surface area contributed by atoms with Gasteiger partial charge in [-0.25, -0.2) is 4.98 Å². The molecule has 5 nitrogen and oxygen atoms in total. The molecule has 1 aromatic carbocycles. The summed E-state index contributed by atoms with van der Waals surface area (Å²) < 4.78 is 5.87. The van der Waals surface area contributed by atoms with Gasteiger partial charge in [0.2, 0.25) is 11.8 Å². The fraction of sp³-hybridized carbons (Fsp3) is 0.450. The molecular formula is C20H23N3O2. The summed E-state index contributed by atoms with van der Waals surface area (Å²) in [7, 11) is 0. The summed E-state index contributed by atoms with van der Waals surface area (Å²) in [4.78, 5) is 23.5. The number of benzene rings is 1. The van der Waals surface area contributed by atoms with E-state index in [9.17, 15) is 4.79 Å². The Hall–Kier alpha value is -2.43. The highest BCUT2D eigenvalue weighted by Crippen LogP contribution is 2.34. The predicted molar refractivity (Wildman–Crippen MR) is 94.6 cm³/mol. The van der Waals surface area contributed by atoms with E-state index in [-0.39, 0.29) is 0 Å². The molecule has 2 heterocycles. The fourth-order valence-electron chi connectivity index (χ4n) is 3.35. The van der Waals surface area contributed by atoms with E-state index in [4.69, 9.17) is 4.74 Å². The lowest BCUT2D eigenvalue weighted by molar-refractivity contribution is -0.133. The Morgan fingerprint density at radius 2 is 1.80 bits per heavy atom. The number of aryl methyl sites for hydroxylation is 1. The molecule has 1 amide bonds. The van der Waals surface area contributed by atoms with Gasteiger partial charge in [0.15, 0.2) is 0 Å². The zero-order valence-corrected chi connectivity index (χ0v) is 14.5. The Morgan fingerprint density at radius 3 is 2.48 bits per heavy atom. The largest absolute Gasteiger partial charge is 0.439 e. The zero-order chi connectivity index (χ0) is 17.2. The van der Waals surface area contributed by atoms with Crippen LogP contribution >= 0.6 is 0 Å². The van der Waals surface area contributed by atoms with E-state index in [2.05, 4.69) is 9.97 Å². The van der Waals surface area contributed by atoms with Gasteiger partial charge in [-0.05, 0) is 44.7 Å². The monoisotopic (exact) mass is 337 g/mol. The summed E-state index contributed by atoms with van der Waals surface area (Å²) in [5.74, 6) is 3.14. The van der Waals surface area contributed by atoms with Crippen LogP contribution in [0.2, 0.25) is 0 Å². The lowest BCUT2D eigenvalue weighted by Crippen LogP contribution is -2.39. The van der Waals surface area contributed by atoms with E-state index in [1.165, 1.54) is 0 Å². The van der Waals surface area contributed by atoms with Crippen molar-refractivity contribution in [2.45, 2.75) is 38.5 Å². The highest BCUT2D eigenvalue weighted by Gasteiger charge is 2.35. The first kappa shape index (κ1) is 16.1. The minimum absolute atomic E-state index is 0.293. The Balaban J connectivity index is 1.44. The Bertz CT molecular complexity index is 751. The van der Waals surface area contributed by atoms with Gasteiger partial charge >= 0.3 is 0 Å². The Morgan fingerprint density at radius 1 is 1.08 bits per heavy atom. The average Bonchev–Trinajstić information content (AvgIpc) is 3.47. The number of hydrogen-bond acceptors (Lipinski definition) is 4. The Kier molecular flexibility index (Phi) is 4.38. The van der Waals surface area contributed by atoms with Gasteiger partial charge in [-0.3, -0.25) is 4.79 Å². The summed E-state index contributed by atoms with van der Waals surface area (Å²) in [5, 5.41) is 0. The quantitative estimate of drug-likeness (QED) is 0.854. The summed E-state index contributed by atoms with van der Waals surface area (Å²) in [5.41, 5.74) is 0.910. The van der Waals surface area contributed by atoms with Crippen LogP contribution in [-0.4, -0.2) is 33.9 Å². The second kappa shape index (κ2) is 6.82. The van der Waals surface area contributed by atoms with Crippen LogP contribution in [0.25, 0.3) is 0 Å². The highest BCUT2D eigenvalue weighted by atomic mass is 16.5. The molecule has 1 saturated heterocycles. The van der Waals surface area contributed by atoms with Crippen molar-refractivity contribution in [1.82, 2.24) is 14.9 Å². The molecule has 1 aromatic heterocycles. The van der Waals surface area contributed by atoms with Gasteiger partial charge in [-0.2, -0.15) is 4.98 Å². The molecule has 25 heavy (non-hydrogen) atoms. The first-order valence-corrected chi connectivity index (χ1v) is 9.06. The van der Waals surface area contributed by atoms with E-state index in [0.717, 1.165) is 56.0 Å². The smallest absolute Gasteiger partial charge is 0.225 e. The number of nitrogens with zero attached hydrogens (tertiary/aromatic N) is 3. The number of likely N-dealkylation sites (tertiary alicyclic amines) is 1. The maximum absolute atomic E-state index is 12.2. The van der Waals surface area contributed by atoms with Gasteiger partial charge in [-0.15, -0.1) is 0 Å². The topological polar surface area (TPSA) is 55.3 Å². The van der Waals surface area contributed by atoms with Crippen LogP contribution < -0.4 is 4.74 Å². The average molecular weight is 337 g/mol. The lowest BCUT2D eigenvalue weighted by atomic mass is 9.95. The maximum atomic E-state index is 12.2. The van der Waals surface area contributed by atoms with Crippen LogP contribution in [0.5, 0.6) is 11.6 Å². The first-order valence-electron chi connectivity index (χ1n) is 9.06. The van der Waals surface area contributed by atoms with Gasteiger partial charge in [0, 0.05) is 36.7 Å². The van der Waals surface area contributed by atoms with E-state index in [0.29, 0.717) is 23.6 Å². The van der Waals surface area contributed by atoms with Crippen LogP contribution in [0.3, 0.4) is 0 Å². The van der Waals surface area contributed by atoms with Crippen LogP contribution in [0, 0.1) is 12.8 Å². The number of hydrogen-bond donors (Lipinski definition) is 0. The molecule has 0 N–H and O–H groups in total. The van der Waals surface area contributed by atoms with Crippen LogP contribution in [-0.2, 0) is 4.79 Å². The third kappa shape index (κ3) is 3.81. The number of para-hydroxylation sites is 1. The molecule has 0 unspecified atom stereocenters. The van der Waals surface area contributed by atoms with E-state index in [1.807, 2.05) is 48.2 Å². The van der Waals surface area contributed by atoms with E-state index >= 15 is 0 Å². The zero-order valence-electron chi connectivity index (χ0n) is 14.5. The molecule has 0 atom stereocenters. The van der Waals surface area contributed by atoms with Gasteiger partial charge in [0.25, 0.3) is 0 Å². The molecule has 0 spiro atoms. The van der Waals surface area contributed by atoms with Crippen molar-refractivity contribution in [2.75, 3.05) is 13.1 Å². The van der Waals surface area contributed by atoms with Crippen molar-refractivity contribution in [3.05, 3.63) is 47.9 Å². The summed E-state index contributed by atoms with van der Waals surface area (Å²) >= 11 is 0. The second-order valence-corrected chi connectivity index (χ2v) is 6.99.